The van der Waals surface area contributed by atoms with Gasteiger partial charge in [-0.25, -0.2) is 0 Å². The number of aliphatic hydroxyl groups excluding tert-OH is 6. The fraction of sp³-hybridized carbons (Fsp3) is 0.964. The van der Waals surface area contributed by atoms with Crippen LogP contribution in [0, 0.1) is 11.8 Å². The van der Waals surface area contributed by atoms with E-state index in [0.717, 1.165) is 12.8 Å². The molecule has 15 atom stereocenters. The van der Waals surface area contributed by atoms with Crippen LogP contribution in [0.15, 0.2) is 0 Å². The van der Waals surface area contributed by atoms with Gasteiger partial charge in [-0.3, -0.25) is 4.79 Å². The lowest BCUT2D eigenvalue weighted by molar-refractivity contribution is -0.303. The molecule has 2 saturated carbocycles. The van der Waals surface area contributed by atoms with E-state index in [9.17, 15) is 40.5 Å². The van der Waals surface area contributed by atoms with Gasteiger partial charge in [0, 0.05) is 24.5 Å². The van der Waals surface area contributed by atoms with Crippen LogP contribution in [-0.2, 0) is 19.0 Å². The van der Waals surface area contributed by atoms with Crippen LogP contribution in [0.25, 0.3) is 0 Å². The first-order valence-corrected chi connectivity index (χ1v) is 15.8. The van der Waals surface area contributed by atoms with E-state index in [-0.39, 0.29) is 38.6 Å². The van der Waals surface area contributed by atoms with Crippen molar-refractivity contribution < 1.29 is 54.8 Å². The zero-order chi connectivity index (χ0) is 33.2. The van der Waals surface area contributed by atoms with Crippen molar-refractivity contribution in [3.63, 3.8) is 0 Å². The molecule has 2 aliphatic carbocycles. The highest BCUT2D eigenvalue weighted by atomic mass is 16.7. The molecule has 2 heterocycles. The van der Waals surface area contributed by atoms with Gasteiger partial charge < -0.3 is 83.1 Å². The lowest BCUT2D eigenvalue weighted by atomic mass is 9.72. The molecule has 0 aromatic carbocycles. The molecule has 2 aliphatic heterocycles. The second-order valence-corrected chi connectivity index (χ2v) is 13.4. The van der Waals surface area contributed by atoms with E-state index in [1.165, 1.54) is 6.92 Å². The van der Waals surface area contributed by atoms with E-state index in [1.54, 1.807) is 7.05 Å². The van der Waals surface area contributed by atoms with Gasteiger partial charge >= 0.3 is 0 Å². The van der Waals surface area contributed by atoms with Gasteiger partial charge in [-0.05, 0) is 58.7 Å². The summed E-state index contributed by atoms with van der Waals surface area (Å²) in [7, 11) is 1.55. The Morgan fingerprint density at radius 3 is 2.33 bits per heavy atom. The van der Waals surface area contributed by atoms with Crippen molar-refractivity contribution in [2.75, 3.05) is 33.3 Å². The highest BCUT2D eigenvalue weighted by molar-refractivity contribution is 5.80. The monoisotopic (exact) mass is 650 g/mol. The van der Waals surface area contributed by atoms with E-state index in [0.29, 0.717) is 12.5 Å². The first kappa shape index (κ1) is 36.7. The van der Waals surface area contributed by atoms with Gasteiger partial charge in [0.05, 0.1) is 37.0 Å². The van der Waals surface area contributed by atoms with Crippen molar-refractivity contribution in [1.29, 1.82) is 0 Å². The topological polar surface area (TPSA) is 301 Å². The standard InChI is InChI=1S/C28H54N6O11/c1-28(42)10-43-27(22(40)25(28)32-2)45-23-14(34-26(41)15(35)3-4-29)7-13(31)17(19(23)37)24-21(39)20(38)18(36)16(44-24)9-33-8-11-5-12(30)6-11/h11-25,27,32-33,35-40,42H,3-10,29-31H2,1-2H3,(H,34,41)/t11?,12?,13-,14+,15-,16+,17?,18+,19-,20-,21+,22+,23-,24+,25+,27+,28-/m0/s1. The number of aliphatic hydroxyl groups is 7. The molecule has 0 aromatic rings. The smallest absolute Gasteiger partial charge is 0.249 e. The molecule has 17 heteroatoms. The van der Waals surface area contributed by atoms with Crippen molar-refractivity contribution in [3.05, 3.63) is 0 Å². The number of likely N-dealkylation sites (N-methyl/N-ethyl adjacent to an activating group) is 1. The van der Waals surface area contributed by atoms with Crippen molar-refractivity contribution >= 4 is 5.91 Å². The molecule has 16 N–H and O–H groups in total. The molecule has 0 bridgehead atoms. The second-order valence-electron chi connectivity index (χ2n) is 13.4. The van der Waals surface area contributed by atoms with Gasteiger partial charge in [0.1, 0.15) is 42.2 Å². The minimum absolute atomic E-state index is 0.0179. The molecule has 17 nitrogen and oxygen atoms in total. The van der Waals surface area contributed by atoms with Crippen molar-refractivity contribution in [3.8, 4) is 0 Å². The normalized spacial score (nSPS) is 48.0. The Morgan fingerprint density at radius 2 is 1.71 bits per heavy atom. The Kier molecular flexibility index (Phi) is 12.6. The predicted octanol–water partition coefficient (Wildman–Crippen LogP) is -6.49. The molecule has 262 valence electrons. The maximum atomic E-state index is 12.8. The first-order chi connectivity index (χ1) is 21.2. The zero-order valence-corrected chi connectivity index (χ0v) is 25.9. The van der Waals surface area contributed by atoms with Crippen LogP contribution in [0.1, 0.15) is 32.6 Å². The molecule has 1 amide bonds. The van der Waals surface area contributed by atoms with E-state index in [1.807, 2.05) is 0 Å². The molecule has 4 aliphatic rings. The maximum absolute atomic E-state index is 12.8. The van der Waals surface area contributed by atoms with E-state index in [2.05, 4.69) is 16.0 Å². The highest BCUT2D eigenvalue weighted by Crippen LogP contribution is 2.37. The maximum Gasteiger partial charge on any atom is 0.249 e. The van der Waals surface area contributed by atoms with Crippen LogP contribution >= 0.6 is 0 Å². The summed E-state index contributed by atoms with van der Waals surface area (Å²) in [6, 6.07) is -2.63. The number of amides is 1. The fourth-order valence-corrected chi connectivity index (χ4v) is 7.19. The molecule has 4 fully saturated rings. The third kappa shape index (κ3) is 8.13. The second kappa shape index (κ2) is 15.4. The van der Waals surface area contributed by atoms with E-state index < -0.39 is 96.8 Å². The lowest BCUT2D eigenvalue weighted by Gasteiger charge is -2.52. The van der Waals surface area contributed by atoms with Crippen LogP contribution < -0.4 is 33.2 Å². The van der Waals surface area contributed by atoms with Crippen molar-refractivity contribution in [1.82, 2.24) is 16.0 Å². The Morgan fingerprint density at radius 1 is 1.02 bits per heavy atom. The van der Waals surface area contributed by atoms with Crippen molar-refractivity contribution in [2.24, 2.45) is 29.0 Å². The molecule has 0 spiro atoms. The van der Waals surface area contributed by atoms with Crippen LogP contribution in [0.4, 0.5) is 0 Å². The Balaban J connectivity index is 1.54. The average Bonchev–Trinajstić information content (AvgIpc) is 2.96. The molecule has 0 aromatic heterocycles. The van der Waals surface area contributed by atoms with Crippen LogP contribution in [-0.4, -0.2) is 166 Å². The molecular weight excluding hydrogens is 596 g/mol. The summed E-state index contributed by atoms with van der Waals surface area (Å²) in [5.74, 6) is -1.47. The fourth-order valence-electron chi connectivity index (χ4n) is 7.19. The number of carbonyl (C=O) groups excluding carboxylic acids is 1. The highest BCUT2D eigenvalue weighted by Gasteiger charge is 2.56. The molecule has 2 saturated heterocycles. The Bertz CT molecular complexity index is 964. The van der Waals surface area contributed by atoms with Crippen LogP contribution in [0.3, 0.4) is 0 Å². The van der Waals surface area contributed by atoms with E-state index >= 15 is 0 Å². The quantitative estimate of drug-likeness (QED) is 0.0934. The third-order valence-electron chi connectivity index (χ3n) is 9.83. The van der Waals surface area contributed by atoms with Crippen LogP contribution in [0.5, 0.6) is 0 Å². The third-order valence-corrected chi connectivity index (χ3v) is 9.83. The minimum Gasteiger partial charge on any atom is -0.390 e. The SMILES string of the molecule is CN[C@@H]1[C@@H](O)[C@@H](O[C@H]2[C@H](NC(=O)[C@@H](O)CCN)C[C@H](N)C([C@H]3O[C@H](CNCC4CC(N)C4)[C@@H](O)[C@H](O)[C@H]3O)[C@@H]2O)OC[C@]1(C)O. The number of nitrogens with two attached hydrogens (primary N) is 3. The molecule has 4 rings (SSSR count). The number of hydrogen-bond acceptors (Lipinski definition) is 16. The molecule has 45 heavy (non-hydrogen) atoms. The number of nitrogens with one attached hydrogen (secondary N) is 3. The van der Waals surface area contributed by atoms with Gasteiger partial charge in [-0.1, -0.05) is 0 Å². The first-order valence-electron chi connectivity index (χ1n) is 15.8. The number of rotatable bonds is 12. The summed E-state index contributed by atoms with van der Waals surface area (Å²) < 4.78 is 17.9. The van der Waals surface area contributed by atoms with Gasteiger partial charge in [0.25, 0.3) is 0 Å². The molecule has 1 unspecified atom stereocenters. The number of carbonyl (C=O) groups is 1. The van der Waals surface area contributed by atoms with Crippen LogP contribution in [0.2, 0.25) is 0 Å². The summed E-state index contributed by atoms with van der Waals surface area (Å²) >= 11 is 0. The molecule has 0 radical (unpaired) electrons. The predicted molar refractivity (Wildman–Crippen MR) is 158 cm³/mol. The van der Waals surface area contributed by atoms with Gasteiger partial charge in [-0.15, -0.1) is 0 Å². The Hall–Kier alpha value is -1.13. The largest absolute Gasteiger partial charge is 0.390 e. The minimum atomic E-state index is -1.63. The van der Waals surface area contributed by atoms with E-state index in [4.69, 9.17) is 31.4 Å². The summed E-state index contributed by atoms with van der Waals surface area (Å²) in [6.45, 7) is 2.08. The summed E-state index contributed by atoms with van der Waals surface area (Å²) in [6.07, 6.45) is -12.3. The summed E-state index contributed by atoms with van der Waals surface area (Å²) in [5.41, 5.74) is 16.4. The lowest BCUT2D eigenvalue weighted by Crippen LogP contribution is -2.71. The molecular formula is C28H54N6O11. The zero-order valence-electron chi connectivity index (χ0n) is 25.9. The number of hydrogen-bond donors (Lipinski definition) is 13. The number of ether oxygens (including phenoxy) is 3. The van der Waals surface area contributed by atoms with Gasteiger partial charge in [-0.2, -0.15) is 0 Å². The van der Waals surface area contributed by atoms with Gasteiger partial charge in [0.15, 0.2) is 6.29 Å². The average molecular weight is 651 g/mol. The summed E-state index contributed by atoms with van der Waals surface area (Å²) in [4.78, 5) is 12.8. The Labute approximate surface area is 262 Å². The van der Waals surface area contributed by atoms with Gasteiger partial charge in [0.2, 0.25) is 5.91 Å². The summed E-state index contributed by atoms with van der Waals surface area (Å²) in [5, 5.41) is 84.9. The van der Waals surface area contributed by atoms with Crippen molar-refractivity contribution in [2.45, 2.75) is 124 Å².